The van der Waals surface area contributed by atoms with Crippen LogP contribution in [0.2, 0.25) is 0 Å². The van der Waals surface area contributed by atoms with Gasteiger partial charge in [-0.15, -0.1) is 20.5 Å². The van der Waals surface area contributed by atoms with E-state index in [1.807, 2.05) is 55.4 Å². The number of nitrogens with zero attached hydrogens (tertiary/aromatic N) is 2. The highest BCUT2D eigenvalue weighted by Crippen LogP contribution is 2.38. The zero-order chi connectivity index (χ0) is 27.4. The lowest BCUT2D eigenvalue weighted by atomic mass is 9.79. The maximum atomic E-state index is 12.5. The lowest BCUT2D eigenvalue weighted by molar-refractivity contribution is -0.290. The van der Waals surface area contributed by atoms with Crippen LogP contribution in [-0.4, -0.2) is 56.2 Å². The van der Waals surface area contributed by atoms with Crippen LogP contribution < -0.4 is 10.6 Å². The van der Waals surface area contributed by atoms with Crippen molar-refractivity contribution in [2.75, 3.05) is 0 Å². The van der Waals surface area contributed by atoms with Crippen LogP contribution in [0.5, 0.6) is 0 Å². The molecule has 208 valence electrons. The van der Waals surface area contributed by atoms with Gasteiger partial charge in [-0.1, -0.05) is 25.7 Å². The molecule has 2 rings (SSSR count). The van der Waals surface area contributed by atoms with Gasteiger partial charge in [0, 0.05) is 47.1 Å². The number of unbranched alkanes of at least 4 members (excludes halogenated alkanes) is 5. The number of hydrogen-bond donors (Lipinski definition) is 2. The Morgan fingerprint density at radius 1 is 0.556 bits per heavy atom. The quantitative estimate of drug-likeness (QED) is 0.380. The minimum Gasteiger partial charge on any atom is -0.353 e. The molecule has 8 nitrogen and oxygen atoms in total. The van der Waals surface area contributed by atoms with Crippen molar-refractivity contribution in [1.82, 2.24) is 20.8 Å². The molecule has 0 aromatic heterocycles. The summed E-state index contributed by atoms with van der Waals surface area (Å²) in [7, 11) is 0. The Hall–Kier alpha value is -1.22. The predicted molar refractivity (Wildman–Crippen MR) is 141 cm³/mol. The Labute approximate surface area is 219 Å². The largest absolute Gasteiger partial charge is 0.353 e. The molecule has 2 aliphatic heterocycles. The second-order valence-electron chi connectivity index (χ2n) is 13.8. The maximum absolute atomic E-state index is 12.5. The first-order chi connectivity index (χ1) is 16.5. The van der Waals surface area contributed by atoms with Gasteiger partial charge >= 0.3 is 0 Å². The van der Waals surface area contributed by atoms with Crippen LogP contribution in [0.25, 0.3) is 0 Å². The summed E-state index contributed by atoms with van der Waals surface area (Å²) in [6.45, 7) is 15.6. The fraction of sp³-hybridized carbons (Fsp3) is 0.929. The van der Waals surface area contributed by atoms with Gasteiger partial charge in [-0.3, -0.25) is 9.59 Å². The predicted octanol–water partition coefficient (Wildman–Crippen LogP) is 5.07. The van der Waals surface area contributed by atoms with Gasteiger partial charge in [-0.05, 0) is 93.9 Å². The van der Waals surface area contributed by atoms with Crippen molar-refractivity contribution in [2.24, 2.45) is 0 Å². The number of hydrogen-bond acceptors (Lipinski definition) is 4. The van der Waals surface area contributed by atoms with E-state index in [4.69, 9.17) is 0 Å². The zero-order valence-corrected chi connectivity index (χ0v) is 24.2. The Balaban J connectivity index is 1.54. The van der Waals surface area contributed by atoms with Crippen molar-refractivity contribution < 1.29 is 20.0 Å². The maximum Gasteiger partial charge on any atom is 0.220 e. The van der Waals surface area contributed by atoms with Gasteiger partial charge in [-0.2, -0.15) is 0 Å². The van der Waals surface area contributed by atoms with E-state index in [0.717, 1.165) is 38.5 Å². The van der Waals surface area contributed by atoms with Crippen LogP contribution in [0.3, 0.4) is 0 Å². The molecule has 2 fully saturated rings. The standard InChI is InChI=1S/C28H52N4O4/c1-25(2)17-21(18-26(3,4)31(25)35)29-23(33)15-13-11-9-10-12-14-16-24(34)30-22-19-27(5,6)32(36)28(7,8)20-22/h21-22H,9-20H2,1-8H3,(H,29,33)(H,30,34). The molecule has 0 saturated carbocycles. The fourth-order valence-corrected chi connectivity index (χ4v) is 6.61. The van der Waals surface area contributed by atoms with E-state index in [1.54, 1.807) is 0 Å². The average molecular weight is 509 g/mol. The third-order valence-electron chi connectivity index (χ3n) is 7.97. The molecular weight excluding hydrogens is 456 g/mol. The Kier molecular flexibility index (Phi) is 10.4. The minimum atomic E-state index is -0.474. The Bertz CT molecular complexity index is 652. The van der Waals surface area contributed by atoms with Crippen molar-refractivity contribution in [3.63, 3.8) is 0 Å². The molecule has 0 bridgehead atoms. The summed E-state index contributed by atoms with van der Waals surface area (Å²) in [5, 5.41) is 33.6. The first kappa shape index (κ1) is 31.0. The van der Waals surface area contributed by atoms with Gasteiger partial charge in [0.15, 0.2) is 0 Å². The first-order valence-corrected chi connectivity index (χ1v) is 14.0. The van der Waals surface area contributed by atoms with Gasteiger partial charge in [0.05, 0.1) is 0 Å². The van der Waals surface area contributed by atoms with Crippen molar-refractivity contribution in [1.29, 1.82) is 0 Å². The van der Waals surface area contributed by atoms with Gasteiger partial charge < -0.3 is 10.6 Å². The SMILES string of the molecule is CC1(C)CC(NC(=O)CCCCCCCCC(=O)NC2CC(C)(C)N([O])C(C)(C)C2)CC(C)(C)N1[O]. The molecule has 0 atom stereocenters. The van der Waals surface area contributed by atoms with E-state index >= 15 is 0 Å². The van der Waals surface area contributed by atoms with Crippen LogP contribution in [0.15, 0.2) is 0 Å². The third-order valence-corrected chi connectivity index (χ3v) is 7.97. The van der Waals surface area contributed by atoms with E-state index in [2.05, 4.69) is 10.6 Å². The molecule has 0 aromatic rings. The second kappa shape index (κ2) is 12.1. The van der Waals surface area contributed by atoms with Crippen LogP contribution in [0.4, 0.5) is 0 Å². The van der Waals surface area contributed by atoms with Gasteiger partial charge in [0.2, 0.25) is 11.8 Å². The summed E-state index contributed by atoms with van der Waals surface area (Å²) in [6.07, 6.45) is 9.61. The van der Waals surface area contributed by atoms with Crippen LogP contribution in [0, 0.1) is 0 Å². The third kappa shape index (κ3) is 8.67. The Morgan fingerprint density at radius 2 is 0.806 bits per heavy atom. The van der Waals surface area contributed by atoms with Crippen LogP contribution >= 0.6 is 0 Å². The average Bonchev–Trinajstić information content (AvgIpc) is 2.71. The molecule has 8 heteroatoms. The molecule has 2 saturated heterocycles. The monoisotopic (exact) mass is 508 g/mol. The number of carbonyl (C=O) groups excluding carboxylic acids is 2. The Morgan fingerprint density at radius 3 is 1.08 bits per heavy atom. The van der Waals surface area contributed by atoms with E-state index < -0.39 is 22.2 Å². The number of rotatable bonds is 11. The molecule has 2 aliphatic rings. The summed E-state index contributed by atoms with van der Waals surface area (Å²) in [4.78, 5) is 24.8. The lowest BCUT2D eigenvalue weighted by Crippen LogP contribution is -2.62. The van der Waals surface area contributed by atoms with E-state index in [9.17, 15) is 20.0 Å². The van der Waals surface area contributed by atoms with E-state index in [-0.39, 0.29) is 23.9 Å². The van der Waals surface area contributed by atoms with Crippen LogP contribution in [-0.2, 0) is 20.0 Å². The zero-order valence-electron chi connectivity index (χ0n) is 24.2. The topological polar surface area (TPSA) is 104 Å². The number of hydroxylamine groups is 4. The summed E-state index contributed by atoms with van der Waals surface area (Å²) in [5.41, 5.74) is -1.90. The number of amides is 2. The highest BCUT2D eigenvalue weighted by Gasteiger charge is 2.47. The highest BCUT2D eigenvalue weighted by molar-refractivity contribution is 5.76. The smallest absolute Gasteiger partial charge is 0.220 e. The molecule has 36 heavy (non-hydrogen) atoms. The van der Waals surface area contributed by atoms with Crippen molar-refractivity contribution in [3.8, 4) is 0 Å². The first-order valence-electron chi connectivity index (χ1n) is 14.0. The van der Waals surface area contributed by atoms with E-state index in [1.165, 1.54) is 10.1 Å². The molecular formula is C28H52N4O4. The van der Waals surface area contributed by atoms with E-state index in [0.29, 0.717) is 38.5 Å². The number of carbonyl (C=O) groups is 2. The molecule has 0 unspecified atom stereocenters. The molecule has 2 radical (unpaired) electrons. The van der Waals surface area contributed by atoms with Gasteiger partial charge in [0.25, 0.3) is 0 Å². The highest BCUT2D eigenvalue weighted by atomic mass is 16.5. The number of piperidine rings is 2. The fourth-order valence-electron chi connectivity index (χ4n) is 6.61. The molecule has 0 aliphatic carbocycles. The summed E-state index contributed by atoms with van der Waals surface area (Å²) >= 11 is 0. The normalized spacial score (nSPS) is 24.4. The number of nitrogens with one attached hydrogen (secondary N) is 2. The summed E-state index contributed by atoms with van der Waals surface area (Å²) < 4.78 is 0. The second-order valence-corrected chi connectivity index (χ2v) is 13.8. The van der Waals surface area contributed by atoms with Gasteiger partial charge in [-0.25, -0.2) is 0 Å². The molecule has 0 aromatic carbocycles. The van der Waals surface area contributed by atoms with Crippen molar-refractivity contribution in [2.45, 2.75) is 167 Å². The minimum absolute atomic E-state index is 0.0452. The lowest BCUT2D eigenvalue weighted by Gasteiger charge is -2.50. The van der Waals surface area contributed by atoms with Gasteiger partial charge in [0.1, 0.15) is 0 Å². The summed E-state index contributed by atoms with van der Waals surface area (Å²) in [5.74, 6) is 0.161. The summed E-state index contributed by atoms with van der Waals surface area (Å²) in [6, 6.07) is 0.0905. The van der Waals surface area contributed by atoms with Crippen molar-refractivity contribution in [3.05, 3.63) is 0 Å². The molecule has 2 amide bonds. The molecule has 0 spiro atoms. The molecule has 2 heterocycles. The van der Waals surface area contributed by atoms with Crippen molar-refractivity contribution >= 4 is 11.8 Å². The molecule has 2 N–H and O–H groups in total. The van der Waals surface area contributed by atoms with Crippen LogP contribution in [0.1, 0.15) is 132 Å².